The van der Waals surface area contributed by atoms with Gasteiger partial charge in [-0.1, -0.05) is 0 Å². The van der Waals surface area contributed by atoms with Crippen LogP contribution in [0.3, 0.4) is 0 Å². The Labute approximate surface area is 127 Å². The Morgan fingerprint density at radius 2 is 0.789 bits per heavy atom. The fourth-order valence-corrected chi connectivity index (χ4v) is 0.724. The van der Waals surface area contributed by atoms with Gasteiger partial charge in [0.2, 0.25) is 0 Å². The van der Waals surface area contributed by atoms with E-state index in [9.17, 15) is 0 Å². The quantitative estimate of drug-likeness (QED) is 0.640. The third-order valence-corrected chi connectivity index (χ3v) is 1.22. The normalized spacial score (nSPS) is 13.7. The van der Waals surface area contributed by atoms with Gasteiger partial charge in [-0.15, -0.1) is 0 Å². The maximum absolute atomic E-state index is 8.43. The summed E-state index contributed by atoms with van der Waals surface area (Å²) >= 11 is 0. The van der Waals surface area contributed by atoms with Gasteiger partial charge in [0.05, 0.1) is 38.1 Å². The minimum absolute atomic E-state index is 0. The molecule has 0 rings (SSSR count). The third-order valence-electron chi connectivity index (χ3n) is 1.22. The summed E-state index contributed by atoms with van der Waals surface area (Å²) in [6.07, 6.45) is -0.972. The van der Waals surface area contributed by atoms with Gasteiger partial charge in [-0.3, -0.25) is 0 Å². The zero-order valence-electron chi connectivity index (χ0n) is 12.8. The van der Waals surface area contributed by atoms with Crippen molar-refractivity contribution in [3.05, 3.63) is 0 Å². The zero-order valence-corrected chi connectivity index (χ0v) is 14.1. The number of methoxy groups -OCH3 is 3. The molecule has 0 aliphatic carbocycles. The van der Waals surface area contributed by atoms with Gasteiger partial charge >= 0.3 is 0 Å². The molecule has 0 radical (unpaired) electrons. The second kappa shape index (κ2) is 23.4. The molecule has 0 fully saturated rings. The van der Waals surface area contributed by atoms with Crippen LogP contribution < -0.4 is 0 Å². The van der Waals surface area contributed by atoms with E-state index in [0.29, 0.717) is 19.8 Å². The summed E-state index contributed by atoms with van der Waals surface area (Å²) in [7, 11) is 4.69. The van der Waals surface area contributed by atoms with Crippen molar-refractivity contribution in [1.29, 1.82) is 0 Å². The van der Waals surface area contributed by atoms with E-state index in [4.69, 9.17) is 15.3 Å². The van der Waals surface area contributed by atoms with Gasteiger partial charge in [-0.05, 0) is 20.8 Å². The molecule has 120 valence electrons. The molecule has 6 nitrogen and oxygen atoms in total. The molecule has 0 aromatic carbocycles. The zero-order chi connectivity index (χ0) is 15.0. The Morgan fingerprint density at radius 3 is 0.789 bits per heavy atom. The van der Waals surface area contributed by atoms with Crippen LogP contribution in [0.1, 0.15) is 20.8 Å². The average Bonchev–Trinajstić information content (AvgIpc) is 2.18. The Morgan fingerprint density at radius 1 is 0.632 bits per heavy atom. The fourth-order valence-electron chi connectivity index (χ4n) is 0.724. The SMILES string of the molecule is COCC(C)O.COCC(C)O.COCC(C)O.[Cr]. The number of hydrogen-bond acceptors (Lipinski definition) is 6. The number of ether oxygens (including phenoxy) is 3. The van der Waals surface area contributed by atoms with Gasteiger partial charge in [-0.2, -0.15) is 0 Å². The van der Waals surface area contributed by atoms with Crippen LogP contribution in [-0.2, 0) is 31.6 Å². The minimum Gasteiger partial charge on any atom is -0.391 e. The van der Waals surface area contributed by atoms with Gasteiger partial charge in [0, 0.05) is 38.7 Å². The van der Waals surface area contributed by atoms with Crippen molar-refractivity contribution in [3.63, 3.8) is 0 Å². The monoisotopic (exact) mass is 322 g/mol. The molecule has 0 aromatic heterocycles. The molecule has 7 heteroatoms. The first kappa shape index (κ1) is 27.6. The second-order valence-electron chi connectivity index (χ2n) is 3.91. The van der Waals surface area contributed by atoms with E-state index >= 15 is 0 Å². The largest absolute Gasteiger partial charge is 0.391 e. The van der Waals surface area contributed by atoms with Gasteiger partial charge < -0.3 is 29.5 Å². The topological polar surface area (TPSA) is 88.4 Å². The molecule has 0 saturated heterocycles. The van der Waals surface area contributed by atoms with Crippen LogP contribution in [-0.4, -0.2) is 74.8 Å². The molecule has 19 heavy (non-hydrogen) atoms. The molecule has 0 aromatic rings. The third kappa shape index (κ3) is 56.2. The van der Waals surface area contributed by atoms with Gasteiger partial charge in [0.1, 0.15) is 0 Å². The van der Waals surface area contributed by atoms with Crippen molar-refractivity contribution < 1.29 is 46.9 Å². The van der Waals surface area contributed by atoms with Gasteiger partial charge in [0.15, 0.2) is 0 Å². The molecule has 0 aliphatic heterocycles. The number of aliphatic hydroxyl groups is 3. The molecular weight excluding hydrogens is 292 g/mol. The summed E-state index contributed by atoms with van der Waals surface area (Å²) in [5.41, 5.74) is 0. The van der Waals surface area contributed by atoms with E-state index in [1.165, 1.54) is 0 Å². The van der Waals surface area contributed by atoms with Crippen molar-refractivity contribution in [1.82, 2.24) is 0 Å². The Bertz CT molecular complexity index is 110. The summed E-state index contributed by atoms with van der Waals surface area (Å²) in [4.78, 5) is 0. The van der Waals surface area contributed by atoms with Crippen LogP contribution >= 0.6 is 0 Å². The van der Waals surface area contributed by atoms with Crippen LogP contribution in [0.2, 0.25) is 0 Å². The van der Waals surface area contributed by atoms with Crippen molar-refractivity contribution in [2.75, 3.05) is 41.2 Å². The molecule has 3 N–H and O–H groups in total. The Hall–Kier alpha value is 0.292. The molecule has 0 aliphatic rings. The summed E-state index contributed by atoms with van der Waals surface area (Å²) in [5.74, 6) is 0. The molecule has 0 heterocycles. The first-order valence-electron chi connectivity index (χ1n) is 5.82. The maximum Gasteiger partial charge on any atom is 0.0745 e. The van der Waals surface area contributed by atoms with Crippen LogP contribution in [0.25, 0.3) is 0 Å². The summed E-state index contributed by atoms with van der Waals surface area (Å²) < 4.78 is 13.7. The van der Waals surface area contributed by atoms with Crippen molar-refractivity contribution in [2.45, 2.75) is 39.1 Å². The minimum atomic E-state index is -0.324. The van der Waals surface area contributed by atoms with Crippen LogP contribution in [0.15, 0.2) is 0 Å². The Kier molecular flexibility index (Phi) is 34.0. The van der Waals surface area contributed by atoms with Crippen LogP contribution in [0, 0.1) is 0 Å². The maximum atomic E-state index is 8.43. The number of aliphatic hydroxyl groups excluding tert-OH is 3. The molecule has 3 unspecified atom stereocenters. The molecule has 3 atom stereocenters. The van der Waals surface area contributed by atoms with E-state index in [-0.39, 0.29) is 35.7 Å². The molecule has 0 spiro atoms. The van der Waals surface area contributed by atoms with E-state index in [1.54, 1.807) is 42.1 Å². The fraction of sp³-hybridized carbons (Fsp3) is 1.00. The van der Waals surface area contributed by atoms with Crippen LogP contribution in [0.4, 0.5) is 0 Å². The van der Waals surface area contributed by atoms with E-state index in [0.717, 1.165) is 0 Å². The first-order valence-corrected chi connectivity index (χ1v) is 5.82. The predicted octanol–water partition coefficient (Wildman–Crippen LogP) is 0.0383. The van der Waals surface area contributed by atoms with E-state index < -0.39 is 0 Å². The second-order valence-corrected chi connectivity index (χ2v) is 3.91. The van der Waals surface area contributed by atoms with Crippen molar-refractivity contribution >= 4 is 0 Å². The van der Waals surface area contributed by atoms with E-state index in [2.05, 4.69) is 14.2 Å². The summed E-state index contributed by atoms with van der Waals surface area (Å²) in [6.45, 7) is 6.34. The standard InChI is InChI=1S/3C4H10O2.Cr/c3*1-4(5)3-6-2;/h3*4-5H,3H2,1-2H3;. The molecule has 0 bridgehead atoms. The summed E-state index contributed by atoms with van der Waals surface area (Å²) in [6, 6.07) is 0. The van der Waals surface area contributed by atoms with Crippen molar-refractivity contribution in [3.8, 4) is 0 Å². The number of rotatable bonds is 6. The van der Waals surface area contributed by atoms with Crippen LogP contribution in [0.5, 0.6) is 0 Å². The molecular formula is C12H30CrO6. The summed E-state index contributed by atoms with van der Waals surface area (Å²) in [5, 5.41) is 25.3. The number of hydrogen-bond donors (Lipinski definition) is 3. The van der Waals surface area contributed by atoms with Gasteiger partial charge in [-0.25, -0.2) is 0 Å². The smallest absolute Gasteiger partial charge is 0.0745 e. The van der Waals surface area contributed by atoms with Crippen molar-refractivity contribution in [2.24, 2.45) is 0 Å². The predicted molar refractivity (Wildman–Crippen MR) is 70.7 cm³/mol. The van der Waals surface area contributed by atoms with Gasteiger partial charge in [0.25, 0.3) is 0 Å². The molecule has 0 amide bonds. The first-order chi connectivity index (χ1) is 8.31. The van der Waals surface area contributed by atoms with E-state index in [1.807, 2.05) is 0 Å². The Balaban J connectivity index is -0.0000000865. The average molecular weight is 322 g/mol. The molecule has 0 saturated carbocycles.